The molecule has 1 unspecified atom stereocenters. The summed E-state index contributed by atoms with van der Waals surface area (Å²) in [6, 6.07) is 17.9. The van der Waals surface area contributed by atoms with E-state index in [0.29, 0.717) is 42.2 Å². The third-order valence-corrected chi connectivity index (χ3v) is 7.14. The Bertz CT molecular complexity index is 1410. The molecular weight excluding hydrogens is 574 g/mol. The fourth-order valence-electron chi connectivity index (χ4n) is 4.38. The van der Waals surface area contributed by atoms with Gasteiger partial charge in [0.05, 0.1) is 18.8 Å². The van der Waals surface area contributed by atoms with Crippen LogP contribution in [0.25, 0.3) is 6.08 Å². The van der Waals surface area contributed by atoms with Crippen LogP contribution in [0.1, 0.15) is 66.1 Å². The first-order valence-corrected chi connectivity index (χ1v) is 14.3. The van der Waals surface area contributed by atoms with Crippen molar-refractivity contribution in [2.45, 2.75) is 57.0 Å². The second-order valence-electron chi connectivity index (χ2n) is 11.1. The number of allylic oxidation sites excluding steroid dienone is 1. The molecule has 5 nitrogen and oxygen atoms in total. The monoisotopic (exact) mass is 613 g/mol. The molecule has 0 saturated heterocycles. The summed E-state index contributed by atoms with van der Waals surface area (Å²) in [6.45, 7) is 6.27. The molecule has 0 spiro atoms. The summed E-state index contributed by atoms with van der Waals surface area (Å²) in [5, 5.41) is 0. The van der Waals surface area contributed by atoms with Crippen molar-refractivity contribution in [1.29, 1.82) is 0 Å². The number of unbranched alkanes of at least 4 members (excludes halogenated alkanes) is 1. The van der Waals surface area contributed by atoms with E-state index in [-0.39, 0.29) is 18.9 Å². The SMILES string of the molecule is C=C(/C=C/c1ccc(OC(=O)c2ccc(CCCCC(F)(F)C(C)(C)F)cc2)cc1)OCC(COC)c1ccc(F)cc1N. The molecule has 0 radical (unpaired) electrons. The molecule has 0 aromatic heterocycles. The molecule has 3 rings (SSSR count). The fraction of sp³-hybridized carbons (Fsp3) is 0.343. The Kier molecular flexibility index (Phi) is 12.2. The minimum Gasteiger partial charge on any atom is -0.493 e. The van der Waals surface area contributed by atoms with Crippen LogP contribution in [-0.4, -0.2) is 37.9 Å². The molecule has 9 heteroatoms. The molecule has 0 heterocycles. The van der Waals surface area contributed by atoms with E-state index >= 15 is 0 Å². The van der Waals surface area contributed by atoms with Gasteiger partial charge in [0.15, 0.2) is 5.67 Å². The lowest BCUT2D eigenvalue weighted by Crippen LogP contribution is -2.38. The number of esters is 1. The Balaban J connectivity index is 1.46. The Morgan fingerprint density at radius 1 is 0.977 bits per heavy atom. The van der Waals surface area contributed by atoms with E-state index in [9.17, 15) is 22.4 Å². The van der Waals surface area contributed by atoms with Crippen LogP contribution in [0.5, 0.6) is 5.75 Å². The number of rotatable bonds is 16. The number of hydrogen-bond donors (Lipinski definition) is 1. The van der Waals surface area contributed by atoms with Gasteiger partial charge in [-0.25, -0.2) is 22.4 Å². The average Bonchev–Trinajstić information content (AvgIpc) is 2.97. The molecule has 0 bridgehead atoms. The molecule has 0 aliphatic carbocycles. The van der Waals surface area contributed by atoms with E-state index in [1.165, 1.54) is 12.1 Å². The molecule has 0 aliphatic heterocycles. The number of nitrogens with two attached hydrogens (primary N) is 1. The zero-order valence-electron chi connectivity index (χ0n) is 25.3. The molecule has 3 aromatic rings. The molecule has 0 aliphatic rings. The Morgan fingerprint density at radius 2 is 1.66 bits per heavy atom. The van der Waals surface area contributed by atoms with Crippen molar-refractivity contribution < 1.29 is 36.6 Å². The van der Waals surface area contributed by atoms with Gasteiger partial charge >= 0.3 is 5.97 Å². The highest BCUT2D eigenvalue weighted by Crippen LogP contribution is 2.36. The summed E-state index contributed by atoms with van der Waals surface area (Å²) < 4.78 is 71.1. The highest BCUT2D eigenvalue weighted by Gasteiger charge is 2.46. The Labute approximate surface area is 256 Å². The third kappa shape index (κ3) is 10.3. The van der Waals surface area contributed by atoms with Crippen molar-refractivity contribution in [3.8, 4) is 5.75 Å². The maximum Gasteiger partial charge on any atom is 0.343 e. The second-order valence-corrected chi connectivity index (χ2v) is 11.1. The second kappa shape index (κ2) is 15.6. The van der Waals surface area contributed by atoms with E-state index in [2.05, 4.69) is 6.58 Å². The molecule has 2 N–H and O–H groups in total. The van der Waals surface area contributed by atoms with Crippen molar-refractivity contribution >= 4 is 17.7 Å². The standard InChI is InChI=1S/C35H39F4NO4/c1-24(43-23-28(22-42-4)31-19-16-29(36)21-32(31)40)8-9-26-12-17-30(18-13-26)44-33(41)27-14-10-25(11-15-27)7-5-6-20-35(38,39)34(2,3)37/h8-19,21,28H,1,5-7,20,22-23,40H2,2-4H3/b9-8+. The van der Waals surface area contributed by atoms with Crippen LogP contribution in [0.2, 0.25) is 0 Å². The number of nitrogen functional groups attached to an aromatic ring is 1. The van der Waals surface area contributed by atoms with Crippen molar-refractivity contribution in [3.05, 3.63) is 113 Å². The van der Waals surface area contributed by atoms with Gasteiger partial charge in [0.2, 0.25) is 0 Å². The van der Waals surface area contributed by atoms with Crippen molar-refractivity contribution in [2.24, 2.45) is 0 Å². The van der Waals surface area contributed by atoms with E-state index < -0.39 is 29.8 Å². The lowest BCUT2D eigenvalue weighted by molar-refractivity contribution is -0.126. The van der Waals surface area contributed by atoms with Crippen LogP contribution >= 0.6 is 0 Å². The van der Waals surface area contributed by atoms with Gasteiger partial charge in [-0.05, 0) is 92.3 Å². The van der Waals surface area contributed by atoms with Crippen LogP contribution in [-0.2, 0) is 15.9 Å². The summed E-state index contributed by atoms with van der Waals surface area (Å²) in [7, 11) is 1.57. The van der Waals surface area contributed by atoms with Crippen LogP contribution in [0, 0.1) is 5.82 Å². The highest BCUT2D eigenvalue weighted by atomic mass is 19.3. The van der Waals surface area contributed by atoms with Gasteiger partial charge in [-0.15, -0.1) is 0 Å². The van der Waals surface area contributed by atoms with Gasteiger partial charge < -0.3 is 19.9 Å². The van der Waals surface area contributed by atoms with Gasteiger partial charge in [0, 0.05) is 25.1 Å². The van der Waals surface area contributed by atoms with Crippen molar-refractivity contribution in [2.75, 3.05) is 26.1 Å². The first-order chi connectivity index (χ1) is 20.8. The van der Waals surface area contributed by atoms with Crippen LogP contribution in [0.15, 0.2) is 85.1 Å². The molecule has 0 saturated carbocycles. The molecule has 0 fully saturated rings. The maximum atomic E-state index is 13.8. The number of anilines is 1. The zero-order valence-corrected chi connectivity index (χ0v) is 25.3. The Morgan fingerprint density at radius 3 is 2.27 bits per heavy atom. The molecule has 3 aromatic carbocycles. The van der Waals surface area contributed by atoms with E-state index in [0.717, 1.165) is 30.5 Å². The smallest absolute Gasteiger partial charge is 0.343 e. The number of methoxy groups -OCH3 is 1. The minimum absolute atomic E-state index is 0.193. The normalized spacial score (nSPS) is 12.7. The largest absolute Gasteiger partial charge is 0.493 e. The molecule has 236 valence electrons. The number of hydrogen-bond acceptors (Lipinski definition) is 5. The summed E-state index contributed by atoms with van der Waals surface area (Å²) in [5.74, 6) is -3.74. The van der Waals surface area contributed by atoms with Crippen LogP contribution < -0.4 is 10.5 Å². The average molecular weight is 614 g/mol. The first-order valence-electron chi connectivity index (χ1n) is 14.3. The predicted molar refractivity (Wildman–Crippen MR) is 165 cm³/mol. The third-order valence-electron chi connectivity index (χ3n) is 7.14. The topological polar surface area (TPSA) is 70.8 Å². The number of benzene rings is 3. The van der Waals surface area contributed by atoms with Gasteiger partial charge in [-0.1, -0.05) is 43.0 Å². The van der Waals surface area contributed by atoms with Gasteiger partial charge in [0.25, 0.3) is 5.92 Å². The van der Waals surface area contributed by atoms with Gasteiger partial charge in [0.1, 0.15) is 17.3 Å². The Hall–Kier alpha value is -4.11. The van der Waals surface area contributed by atoms with Crippen LogP contribution in [0.4, 0.5) is 23.2 Å². The summed E-state index contributed by atoms with van der Waals surface area (Å²) in [6.07, 6.45) is 4.20. The van der Waals surface area contributed by atoms with E-state index in [4.69, 9.17) is 19.9 Å². The molecule has 0 amide bonds. The number of ether oxygens (including phenoxy) is 3. The molecule has 1 atom stereocenters. The lowest BCUT2D eigenvalue weighted by atomic mass is 9.96. The number of aryl methyl sites for hydroxylation is 1. The van der Waals surface area contributed by atoms with E-state index in [1.54, 1.807) is 73.9 Å². The number of halogens is 4. The van der Waals surface area contributed by atoms with Gasteiger partial charge in [-0.2, -0.15) is 0 Å². The quantitative estimate of drug-likeness (QED) is 0.0333. The number of alkyl halides is 3. The van der Waals surface area contributed by atoms with Crippen molar-refractivity contribution in [1.82, 2.24) is 0 Å². The maximum absolute atomic E-state index is 13.8. The predicted octanol–water partition coefficient (Wildman–Crippen LogP) is 8.70. The zero-order chi connectivity index (χ0) is 32.3. The van der Waals surface area contributed by atoms with E-state index in [1.807, 2.05) is 0 Å². The van der Waals surface area contributed by atoms with Crippen LogP contribution in [0.3, 0.4) is 0 Å². The molecular formula is C35H39F4NO4. The number of carbonyl (C=O) groups excluding carboxylic acids is 1. The summed E-state index contributed by atoms with van der Waals surface area (Å²) in [5.41, 5.74) is 6.54. The highest BCUT2D eigenvalue weighted by molar-refractivity contribution is 5.91. The summed E-state index contributed by atoms with van der Waals surface area (Å²) >= 11 is 0. The molecule has 44 heavy (non-hydrogen) atoms. The van der Waals surface area contributed by atoms with Crippen molar-refractivity contribution in [3.63, 3.8) is 0 Å². The minimum atomic E-state index is -3.37. The lowest BCUT2D eigenvalue weighted by Gasteiger charge is -2.26. The number of carbonyl (C=O) groups is 1. The summed E-state index contributed by atoms with van der Waals surface area (Å²) in [4.78, 5) is 12.6. The van der Waals surface area contributed by atoms with Gasteiger partial charge in [-0.3, -0.25) is 0 Å². The fourth-order valence-corrected chi connectivity index (χ4v) is 4.38. The first kappa shape index (κ1) is 34.4.